The third kappa shape index (κ3) is 4.71. The van der Waals surface area contributed by atoms with Crippen LogP contribution in [-0.4, -0.2) is 38.7 Å². The highest BCUT2D eigenvalue weighted by atomic mass is 16.2. The van der Waals surface area contributed by atoms with Gasteiger partial charge in [-0.25, -0.2) is 4.98 Å². The average molecular weight is 404 g/mol. The molecule has 3 heterocycles. The van der Waals surface area contributed by atoms with Crippen LogP contribution in [0.3, 0.4) is 0 Å². The van der Waals surface area contributed by atoms with Crippen LogP contribution in [0.15, 0.2) is 59.8 Å². The number of hydrogen-bond donors (Lipinski definition) is 1. The Labute approximate surface area is 174 Å². The molecule has 0 aliphatic carbocycles. The zero-order valence-corrected chi connectivity index (χ0v) is 16.9. The molecule has 1 aliphatic rings. The topological polar surface area (TPSA) is 93.0 Å². The summed E-state index contributed by atoms with van der Waals surface area (Å²) in [5.74, 6) is 1.40. The van der Waals surface area contributed by atoms with Crippen LogP contribution in [0.4, 0.5) is 11.5 Å². The van der Waals surface area contributed by atoms with Crippen LogP contribution >= 0.6 is 0 Å². The lowest BCUT2D eigenvalue weighted by Gasteiger charge is -2.30. The van der Waals surface area contributed by atoms with Gasteiger partial charge in [0, 0.05) is 36.6 Å². The summed E-state index contributed by atoms with van der Waals surface area (Å²) >= 11 is 0. The molecule has 3 aromatic rings. The largest absolute Gasteiger partial charge is 0.355 e. The van der Waals surface area contributed by atoms with E-state index in [2.05, 4.69) is 32.3 Å². The number of carbonyl (C=O) groups is 1. The fourth-order valence-electron chi connectivity index (χ4n) is 3.46. The van der Waals surface area contributed by atoms with Crippen LogP contribution in [0, 0.1) is 5.92 Å². The Bertz CT molecular complexity index is 1050. The van der Waals surface area contributed by atoms with Gasteiger partial charge >= 0.3 is 0 Å². The minimum absolute atomic E-state index is 0.0867. The summed E-state index contributed by atoms with van der Waals surface area (Å²) in [6.45, 7) is 4.25. The number of nitrogens with one attached hydrogen (secondary N) is 1. The van der Waals surface area contributed by atoms with Crippen LogP contribution in [-0.2, 0) is 11.3 Å². The van der Waals surface area contributed by atoms with E-state index < -0.39 is 0 Å². The Kier molecular flexibility index (Phi) is 5.83. The van der Waals surface area contributed by atoms with Gasteiger partial charge in [-0.1, -0.05) is 19.1 Å². The van der Waals surface area contributed by atoms with E-state index in [0.717, 1.165) is 36.1 Å². The molecule has 4 rings (SSSR count). The molecule has 0 unspecified atom stereocenters. The predicted molar refractivity (Wildman–Crippen MR) is 115 cm³/mol. The molecule has 0 spiro atoms. The predicted octanol–water partition coefficient (Wildman–Crippen LogP) is 2.58. The first-order valence-corrected chi connectivity index (χ1v) is 10.1. The van der Waals surface area contributed by atoms with Crippen LogP contribution in [0.1, 0.15) is 19.8 Å². The molecule has 1 fully saturated rings. The second kappa shape index (κ2) is 8.86. The third-order valence-electron chi connectivity index (χ3n) is 5.33. The number of hydrogen-bond acceptors (Lipinski definition) is 6. The van der Waals surface area contributed by atoms with Crippen molar-refractivity contribution in [2.75, 3.05) is 23.3 Å². The first kappa shape index (κ1) is 19.8. The van der Waals surface area contributed by atoms with Crippen molar-refractivity contribution in [2.24, 2.45) is 5.92 Å². The molecule has 8 heteroatoms. The van der Waals surface area contributed by atoms with Gasteiger partial charge < -0.3 is 10.2 Å². The number of benzene rings is 1. The summed E-state index contributed by atoms with van der Waals surface area (Å²) in [6.07, 6.45) is 5.12. The molecule has 1 amide bonds. The molecule has 0 radical (unpaired) electrons. The van der Waals surface area contributed by atoms with Gasteiger partial charge in [-0.3, -0.25) is 14.2 Å². The molecule has 0 atom stereocenters. The summed E-state index contributed by atoms with van der Waals surface area (Å²) < 4.78 is 1.25. The lowest BCUT2D eigenvalue weighted by molar-refractivity contribution is -0.116. The number of aromatic nitrogens is 4. The summed E-state index contributed by atoms with van der Waals surface area (Å²) in [4.78, 5) is 30.0. The summed E-state index contributed by atoms with van der Waals surface area (Å²) in [7, 11) is 0. The van der Waals surface area contributed by atoms with Crippen molar-refractivity contribution in [1.29, 1.82) is 0 Å². The molecule has 0 saturated carbocycles. The van der Waals surface area contributed by atoms with Crippen molar-refractivity contribution in [1.82, 2.24) is 19.7 Å². The summed E-state index contributed by atoms with van der Waals surface area (Å²) in [6, 6.07) is 12.7. The van der Waals surface area contributed by atoms with E-state index in [4.69, 9.17) is 0 Å². The SMILES string of the molecule is CC1CCN(c2ccc(-c3ccc(NC(=O)Cn4cnccc4=O)cc3)nn2)CC1. The first-order chi connectivity index (χ1) is 14.6. The number of piperidine rings is 1. The van der Waals surface area contributed by atoms with Gasteiger partial charge in [-0.2, -0.15) is 0 Å². The van der Waals surface area contributed by atoms with Crippen molar-refractivity contribution in [2.45, 2.75) is 26.3 Å². The van der Waals surface area contributed by atoms with E-state index in [-0.39, 0.29) is 18.0 Å². The van der Waals surface area contributed by atoms with Gasteiger partial charge in [-0.05, 0) is 43.0 Å². The van der Waals surface area contributed by atoms with Crippen molar-refractivity contribution in [3.63, 3.8) is 0 Å². The number of anilines is 2. The fraction of sp³-hybridized carbons (Fsp3) is 0.318. The Hall–Kier alpha value is -3.55. The van der Waals surface area contributed by atoms with E-state index in [1.807, 2.05) is 24.3 Å². The Morgan fingerprint density at radius 2 is 1.83 bits per heavy atom. The summed E-state index contributed by atoms with van der Waals surface area (Å²) in [5, 5.41) is 11.6. The van der Waals surface area contributed by atoms with Gasteiger partial charge in [0.15, 0.2) is 5.82 Å². The van der Waals surface area contributed by atoms with Gasteiger partial charge in [0.1, 0.15) is 6.54 Å². The highest BCUT2D eigenvalue weighted by molar-refractivity contribution is 5.90. The molecule has 154 valence electrons. The number of amides is 1. The first-order valence-electron chi connectivity index (χ1n) is 10.1. The van der Waals surface area contributed by atoms with Crippen LogP contribution in [0.5, 0.6) is 0 Å². The minimum atomic E-state index is -0.294. The fourth-order valence-corrected chi connectivity index (χ4v) is 3.46. The van der Waals surface area contributed by atoms with E-state index in [9.17, 15) is 9.59 Å². The molecule has 8 nitrogen and oxygen atoms in total. The maximum absolute atomic E-state index is 12.2. The number of nitrogens with zero attached hydrogens (tertiary/aromatic N) is 5. The van der Waals surface area contributed by atoms with Crippen molar-refractivity contribution >= 4 is 17.4 Å². The van der Waals surface area contributed by atoms with Gasteiger partial charge in [0.05, 0.1) is 12.0 Å². The molecular formula is C22H24N6O2. The summed E-state index contributed by atoms with van der Waals surface area (Å²) in [5.41, 5.74) is 2.08. The lowest BCUT2D eigenvalue weighted by Crippen LogP contribution is -2.33. The third-order valence-corrected chi connectivity index (χ3v) is 5.33. The molecule has 1 aliphatic heterocycles. The van der Waals surface area contributed by atoms with E-state index >= 15 is 0 Å². The maximum atomic E-state index is 12.2. The maximum Gasteiger partial charge on any atom is 0.253 e. The lowest BCUT2D eigenvalue weighted by atomic mass is 9.99. The normalized spacial score (nSPS) is 14.5. The monoisotopic (exact) mass is 404 g/mol. The highest BCUT2D eigenvalue weighted by Gasteiger charge is 2.17. The van der Waals surface area contributed by atoms with E-state index in [1.54, 1.807) is 12.1 Å². The highest BCUT2D eigenvalue weighted by Crippen LogP contribution is 2.23. The van der Waals surface area contributed by atoms with Crippen LogP contribution in [0.25, 0.3) is 11.3 Å². The van der Waals surface area contributed by atoms with Crippen molar-refractivity contribution < 1.29 is 4.79 Å². The molecular weight excluding hydrogens is 380 g/mol. The van der Waals surface area contributed by atoms with Gasteiger partial charge in [0.25, 0.3) is 5.56 Å². The van der Waals surface area contributed by atoms with Crippen LogP contribution < -0.4 is 15.8 Å². The Balaban J connectivity index is 1.38. The Morgan fingerprint density at radius 3 is 2.50 bits per heavy atom. The zero-order valence-electron chi connectivity index (χ0n) is 16.9. The van der Waals surface area contributed by atoms with E-state index in [0.29, 0.717) is 5.69 Å². The molecule has 1 saturated heterocycles. The van der Waals surface area contributed by atoms with E-state index in [1.165, 1.54) is 36.0 Å². The smallest absolute Gasteiger partial charge is 0.253 e. The molecule has 1 aromatic carbocycles. The second-order valence-corrected chi connectivity index (χ2v) is 7.62. The van der Waals surface area contributed by atoms with Gasteiger partial charge in [0.2, 0.25) is 5.91 Å². The zero-order chi connectivity index (χ0) is 20.9. The Morgan fingerprint density at radius 1 is 1.07 bits per heavy atom. The number of rotatable bonds is 5. The number of carbonyl (C=O) groups excluding carboxylic acids is 1. The van der Waals surface area contributed by atoms with Crippen molar-refractivity contribution in [3.8, 4) is 11.3 Å². The quantitative estimate of drug-likeness (QED) is 0.703. The minimum Gasteiger partial charge on any atom is -0.355 e. The molecule has 30 heavy (non-hydrogen) atoms. The average Bonchev–Trinajstić information content (AvgIpc) is 2.77. The molecule has 1 N–H and O–H groups in total. The molecule has 2 aromatic heterocycles. The van der Waals surface area contributed by atoms with Crippen molar-refractivity contribution in [3.05, 3.63) is 65.3 Å². The van der Waals surface area contributed by atoms with Gasteiger partial charge in [-0.15, -0.1) is 10.2 Å². The standard InChI is InChI=1S/C22H24N6O2/c1-16-9-12-27(13-10-16)20-7-6-19(25-26-20)17-2-4-18(5-3-17)24-21(29)14-28-15-23-11-8-22(28)30/h2-8,11,15-16H,9-10,12-14H2,1H3,(H,24,29). The van der Waals surface area contributed by atoms with Crippen LogP contribution in [0.2, 0.25) is 0 Å². The molecule has 0 bridgehead atoms. The second-order valence-electron chi connectivity index (χ2n) is 7.62.